The maximum atomic E-state index is 12.9. The molecule has 4 N–H and O–H groups in total. The Morgan fingerprint density at radius 3 is 2.84 bits per heavy atom. The summed E-state index contributed by atoms with van der Waals surface area (Å²) in [7, 11) is 2.17. The molecule has 2 aromatic carbocycles. The van der Waals surface area contributed by atoms with Crippen LogP contribution in [0.2, 0.25) is 0 Å². The molecule has 5 rings (SSSR count). The molecule has 0 spiro atoms. The standard InChI is InChI=1S/C25H27N5OS/c1-30-11-8-18(9-12-30)29-21-3-2-4-22-20(21)14-23(32-22)25(31)28-15-16-5-6-19-17(13-16)7-10-27-24(19)26/h2-7,10,13-14,18,29H,8-9,11-12,15H2,1H3,(H2,26,27)(H,28,31). The fourth-order valence-electron chi connectivity index (χ4n) is 4.30. The molecule has 0 saturated carbocycles. The van der Waals surface area contributed by atoms with Crippen molar-refractivity contribution in [2.45, 2.75) is 25.4 Å². The van der Waals surface area contributed by atoms with Crippen molar-refractivity contribution >= 4 is 49.6 Å². The van der Waals surface area contributed by atoms with Gasteiger partial charge in [0, 0.05) is 39.9 Å². The number of likely N-dealkylation sites (tertiary alicyclic amines) is 1. The number of benzene rings is 2. The highest BCUT2D eigenvalue weighted by atomic mass is 32.1. The van der Waals surface area contributed by atoms with Gasteiger partial charge in [-0.1, -0.05) is 18.2 Å². The second-order valence-electron chi connectivity index (χ2n) is 8.48. The third kappa shape index (κ3) is 4.26. The molecular weight excluding hydrogens is 418 g/mol. The van der Waals surface area contributed by atoms with Gasteiger partial charge >= 0.3 is 0 Å². The lowest BCUT2D eigenvalue weighted by molar-refractivity contribution is 0.0955. The zero-order valence-electron chi connectivity index (χ0n) is 18.1. The molecule has 1 fully saturated rings. The number of aromatic nitrogens is 1. The zero-order chi connectivity index (χ0) is 22.1. The van der Waals surface area contributed by atoms with Crippen LogP contribution < -0.4 is 16.4 Å². The topological polar surface area (TPSA) is 83.3 Å². The predicted octanol–water partition coefficient (Wildman–Crippen LogP) is 4.47. The van der Waals surface area contributed by atoms with Gasteiger partial charge in [-0.05, 0) is 74.3 Å². The summed E-state index contributed by atoms with van der Waals surface area (Å²) in [6.07, 6.45) is 3.98. The lowest BCUT2D eigenvalue weighted by Gasteiger charge is -2.30. The molecular formula is C25H27N5OS. The van der Waals surface area contributed by atoms with Crippen molar-refractivity contribution in [3.8, 4) is 0 Å². The van der Waals surface area contributed by atoms with Crippen LogP contribution in [0.5, 0.6) is 0 Å². The number of nitrogens with two attached hydrogens (primary N) is 1. The first-order valence-corrected chi connectivity index (χ1v) is 11.8. The Morgan fingerprint density at radius 2 is 2.00 bits per heavy atom. The van der Waals surface area contributed by atoms with Gasteiger partial charge in [0.15, 0.2) is 0 Å². The predicted molar refractivity (Wildman–Crippen MR) is 133 cm³/mol. The number of rotatable bonds is 5. The van der Waals surface area contributed by atoms with Crippen LogP contribution in [-0.2, 0) is 6.54 Å². The molecule has 1 saturated heterocycles. The zero-order valence-corrected chi connectivity index (χ0v) is 18.9. The summed E-state index contributed by atoms with van der Waals surface area (Å²) in [4.78, 5) is 20.1. The van der Waals surface area contributed by atoms with Gasteiger partial charge in [-0.2, -0.15) is 0 Å². The first kappa shape index (κ1) is 20.7. The van der Waals surface area contributed by atoms with E-state index in [1.807, 2.05) is 30.3 Å². The van der Waals surface area contributed by atoms with Crippen LogP contribution in [0.25, 0.3) is 20.9 Å². The number of piperidine rings is 1. The quantitative estimate of drug-likeness (QED) is 0.422. The van der Waals surface area contributed by atoms with Crippen molar-refractivity contribution in [1.29, 1.82) is 0 Å². The van der Waals surface area contributed by atoms with Gasteiger partial charge in [-0.15, -0.1) is 11.3 Å². The minimum absolute atomic E-state index is 0.0502. The Balaban J connectivity index is 1.29. The number of hydrogen-bond donors (Lipinski definition) is 3. The molecule has 4 aromatic rings. The van der Waals surface area contributed by atoms with Crippen molar-refractivity contribution in [3.63, 3.8) is 0 Å². The molecule has 2 aromatic heterocycles. The minimum atomic E-state index is -0.0502. The van der Waals surface area contributed by atoms with Gasteiger partial charge in [0.05, 0.1) is 4.88 Å². The molecule has 32 heavy (non-hydrogen) atoms. The first-order chi connectivity index (χ1) is 15.6. The van der Waals surface area contributed by atoms with Crippen LogP contribution >= 0.6 is 11.3 Å². The lowest BCUT2D eigenvalue weighted by Crippen LogP contribution is -2.36. The van der Waals surface area contributed by atoms with Gasteiger partial charge in [0.25, 0.3) is 5.91 Å². The Labute approximate surface area is 191 Å². The second-order valence-corrected chi connectivity index (χ2v) is 9.57. The van der Waals surface area contributed by atoms with E-state index in [4.69, 9.17) is 5.73 Å². The Morgan fingerprint density at radius 1 is 1.16 bits per heavy atom. The van der Waals surface area contributed by atoms with E-state index in [0.717, 1.165) is 62.9 Å². The van der Waals surface area contributed by atoms with Gasteiger partial charge in [0.2, 0.25) is 0 Å². The summed E-state index contributed by atoms with van der Waals surface area (Å²) in [5.41, 5.74) is 8.08. The fraction of sp³-hybridized carbons (Fsp3) is 0.280. The molecule has 0 unspecified atom stereocenters. The summed E-state index contributed by atoms with van der Waals surface area (Å²) in [5, 5.41) is 9.84. The van der Waals surface area contributed by atoms with Crippen molar-refractivity contribution in [1.82, 2.24) is 15.2 Å². The molecule has 1 aliphatic rings. The number of fused-ring (bicyclic) bond motifs is 2. The molecule has 3 heterocycles. The summed E-state index contributed by atoms with van der Waals surface area (Å²) in [6, 6.07) is 16.7. The maximum Gasteiger partial charge on any atom is 0.261 e. The van der Waals surface area contributed by atoms with Gasteiger partial charge in [0.1, 0.15) is 5.82 Å². The maximum absolute atomic E-state index is 12.9. The van der Waals surface area contributed by atoms with Gasteiger partial charge < -0.3 is 21.3 Å². The van der Waals surface area contributed by atoms with E-state index in [1.165, 1.54) is 11.3 Å². The Hall–Kier alpha value is -3.16. The molecule has 7 heteroatoms. The molecule has 6 nitrogen and oxygen atoms in total. The second kappa shape index (κ2) is 8.76. The minimum Gasteiger partial charge on any atom is -0.383 e. The highest BCUT2D eigenvalue weighted by molar-refractivity contribution is 7.20. The number of anilines is 2. The SMILES string of the molecule is CN1CCC(Nc2cccc3sc(C(=O)NCc4ccc5c(N)nccc5c4)cc23)CC1. The number of hydrogen-bond acceptors (Lipinski definition) is 6. The van der Waals surface area contributed by atoms with E-state index in [0.29, 0.717) is 18.4 Å². The lowest BCUT2D eigenvalue weighted by atomic mass is 10.0. The monoisotopic (exact) mass is 445 g/mol. The van der Waals surface area contributed by atoms with Crippen LogP contribution in [0.3, 0.4) is 0 Å². The average Bonchev–Trinajstić information content (AvgIpc) is 3.25. The number of thiophene rings is 1. The molecule has 0 aliphatic carbocycles. The molecule has 1 amide bonds. The van der Waals surface area contributed by atoms with Crippen LogP contribution in [0.4, 0.5) is 11.5 Å². The smallest absolute Gasteiger partial charge is 0.261 e. The van der Waals surface area contributed by atoms with E-state index in [9.17, 15) is 4.79 Å². The summed E-state index contributed by atoms with van der Waals surface area (Å²) in [6.45, 7) is 2.69. The number of nitrogens with zero attached hydrogens (tertiary/aromatic N) is 2. The summed E-state index contributed by atoms with van der Waals surface area (Å²) in [5.74, 6) is 0.471. The largest absolute Gasteiger partial charge is 0.383 e. The molecule has 0 bridgehead atoms. The van der Waals surface area contributed by atoms with Gasteiger partial charge in [-0.3, -0.25) is 4.79 Å². The molecule has 0 atom stereocenters. The van der Waals surface area contributed by atoms with E-state index in [2.05, 4.69) is 45.8 Å². The third-order valence-corrected chi connectivity index (χ3v) is 7.28. The molecule has 164 valence electrons. The summed E-state index contributed by atoms with van der Waals surface area (Å²) < 4.78 is 1.13. The van der Waals surface area contributed by atoms with E-state index < -0.39 is 0 Å². The van der Waals surface area contributed by atoms with Crippen LogP contribution in [0.15, 0.2) is 54.7 Å². The number of carbonyl (C=O) groups is 1. The highest BCUT2D eigenvalue weighted by Gasteiger charge is 2.18. The van der Waals surface area contributed by atoms with Crippen LogP contribution in [0, 0.1) is 0 Å². The number of pyridine rings is 1. The Bertz CT molecular complexity index is 1280. The highest BCUT2D eigenvalue weighted by Crippen LogP contribution is 2.32. The van der Waals surface area contributed by atoms with E-state index >= 15 is 0 Å². The molecule has 1 aliphatic heterocycles. The Kier molecular flexibility index (Phi) is 5.68. The van der Waals surface area contributed by atoms with Gasteiger partial charge in [-0.25, -0.2) is 4.98 Å². The van der Waals surface area contributed by atoms with Crippen molar-refractivity contribution in [3.05, 3.63) is 65.2 Å². The normalized spacial score (nSPS) is 15.3. The first-order valence-electron chi connectivity index (χ1n) is 11.0. The third-order valence-electron chi connectivity index (χ3n) is 6.18. The van der Waals surface area contributed by atoms with Crippen molar-refractivity contribution < 1.29 is 4.79 Å². The number of carbonyl (C=O) groups excluding carboxylic acids is 1. The van der Waals surface area contributed by atoms with E-state index in [1.54, 1.807) is 6.20 Å². The number of nitrogen functional groups attached to an aromatic ring is 1. The van der Waals surface area contributed by atoms with Crippen LogP contribution in [-0.4, -0.2) is 42.0 Å². The average molecular weight is 446 g/mol. The number of amides is 1. The van der Waals surface area contributed by atoms with Crippen molar-refractivity contribution in [2.24, 2.45) is 0 Å². The van der Waals surface area contributed by atoms with E-state index in [-0.39, 0.29) is 5.91 Å². The number of nitrogens with one attached hydrogen (secondary N) is 2. The molecule has 0 radical (unpaired) electrons. The summed E-state index contributed by atoms with van der Waals surface area (Å²) >= 11 is 1.54. The van der Waals surface area contributed by atoms with Crippen molar-refractivity contribution in [2.75, 3.05) is 31.2 Å². The fourth-order valence-corrected chi connectivity index (χ4v) is 5.31. The van der Waals surface area contributed by atoms with Crippen LogP contribution in [0.1, 0.15) is 28.1 Å².